The van der Waals surface area contributed by atoms with Gasteiger partial charge in [-0.15, -0.1) is 0 Å². The summed E-state index contributed by atoms with van der Waals surface area (Å²) >= 11 is 2.85. The third-order valence-corrected chi connectivity index (χ3v) is 2.63. The van der Waals surface area contributed by atoms with Crippen molar-refractivity contribution in [2.45, 2.75) is 0 Å². The van der Waals surface area contributed by atoms with Crippen molar-refractivity contribution in [1.29, 1.82) is 0 Å². The average molecular weight is 288 g/mol. The first-order valence-electron chi connectivity index (χ1n) is 3.92. The highest BCUT2D eigenvalue weighted by Gasteiger charge is 2.24. The molecule has 0 aliphatic rings. The summed E-state index contributed by atoms with van der Waals surface area (Å²) in [5.74, 6) is -1.85. The van der Waals surface area contributed by atoms with E-state index in [1.54, 1.807) is 0 Å². The molecule has 0 saturated carbocycles. The Morgan fingerprint density at radius 1 is 1.25 bits per heavy atom. The molecule has 0 heterocycles. The largest absolute Gasteiger partial charge is 0.366 e. The zero-order valence-corrected chi connectivity index (χ0v) is 9.35. The first-order valence-corrected chi connectivity index (χ1v) is 4.72. The Bertz CT molecular complexity index is 500. The van der Waals surface area contributed by atoms with Crippen LogP contribution in [0.4, 0.5) is 5.69 Å². The predicted octanol–water partition coefficient (Wildman–Crippen LogP) is 0.555. The Hall–Kier alpha value is -1.96. The number of amides is 2. The molecule has 2 amide bonds. The third kappa shape index (κ3) is 2.01. The molecule has 0 aromatic heterocycles. The van der Waals surface area contributed by atoms with Gasteiger partial charge in [0.15, 0.2) is 0 Å². The van der Waals surface area contributed by atoms with Gasteiger partial charge in [0, 0.05) is 6.07 Å². The van der Waals surface area contributed by atoms with E-state index in [9.17, 15) is 19.7 Å². The van der Waals surface area contributed by atoms with E-state index in [1.807, 2.05) is 0 Å². The topological polar surface area (TPSA) is 129 Å². The van der Waals surface area contributed by atoms with Gasteiger partial charge < -0.3 is 11.5 Å². The summed E-state index contributed by atoms with van der Waals surface area (Å²) in [5, 5.41) is 10.6. The second kappa shape index (κ2) is 4.27. The van der Waals surface area contributed by atoms with Gasteiger partial charge in [0.2, 0.25) is 5.91 Å². The minimum absolute atomic E-state index is 0.152. The lowest BCUT2D eigenvalue weighted by atomic mass is 10.1. The van der Waals surface area contributed by atoms with Crippen molar-refractivity contribution in [1.82, 2.24) is 0 Å². The number of primary amides is 2. The van der Waals surface area contributed by atoms with Crippen LogP contribution in [0.15, 0.2) is 16.6 Å². The standard InChI is InChI=1S/C8H6BrN3O4/c9-6-4(12(15)16)2-1-3(7(10)13)5(6)8(11)14/h1-2H,(H2,10,13)(H2,11,14). The average Bonchev–Trinajstić information content (AvgIpc) is 2.15. The van der Waals surface area contributed by atoms with Crippen LogP contribution in [0, 0.1) is 10.1 Å². The number of nitro groups is 1. The molecule has 4 N–H and O–H groups in total. The number of benzene rings is 1. The van der Waals surface area contributed by atoms with E-state index in [-0.39, 0.29) is 21.3 Å². The third-order valence-electron chi connectivity index (χ3n) is 1.83. The van der Waals surface area contributed by atoms with Crippen LogP contribution < -0.4 is 11.5 Å². The van der Waals surface area contributed by atoms with E-state index in [2.05, 4.69) is 15.9 Å². The summed E-state index contributed by atoms with van der Waals surface area (Å²) < 4.78 is -0.152. The van der Waals surface area contributed by atoms with Gasteiger partial charge in [0.25, 0.3) is 11.6 Å². The smallest absolute Gasteiger partial charge is 0.284 e. The fraction of sp³-hybridized carbons (Fsp3) is 0. The van der Waals surface area contributed by atoms with Crippen molar-refractivity contribution in [3.63, 3.8) is 0 Å². The zero-order chi connectivity index (χ0) is 12.5. The van der Waals surface area contributed by atoms with Gasteiger partial charge in [0.05, 0.1) is 16.1 Å². The molecule has 0 saturated heterocycles. The Morgan fingerprint density at radius 3 is 2.19 bits per heavy atom. The van der Waals surface area contributed by atoms with Gasteiger partial charge in [-0.25, -0.2) is 0 Å². The molecule has 0 unspecified atom stereocenters. The summed E-state index contributed by atoms with van der Waals surface area (Å²) in [6, 6.07) is 2.15. The zero-order valence-electron chi connectivity index (χ0n) is 7.77. The van der Waals surface area contributed by atoms with Gasteiger partial charge in [-0.05, 0) is 22.0 Å². The molecule has 0 fully saturated rings. The molecule has 1 aromatic rings. The van der Waals surface area contributed by atoms with Crippen LogP contribution in [0.5, 0.6) is 0 Å². The van der Waals surface area contributed by atoms with Crippen molar-refractivity contribution >= 4 is 33.4 Å². The van der Waals surface area contributed by atoms with Gasteiger partial charge >= 0.3 is 0 Å². The molecule has 16 heavy (non-hydrogen) atoms. The molecule has 84 valence electrons. The van der Waals surface area contributed by atoms with E-state index < -0.39 is 16.7 Å². The molecule has 0 bridgehead atoms. The van der Waals surface area contributed by atoms with Crippen molar-refractivity contribution in [2.75, 3.05) is 0 Å². The van der Waals surface area contributed by atoms with E-state index in [4.69, 9.17) is 11.5 Å². The summed E-state index contributed by atoms with van der Waals surface area (Å²) in [6.07, 6.45) is 0. The van der Waals surface area contributed by atoms with Gasteiger partial charge in [-0.2, -0.15) is 0 Å². The van der Waals surface area contributed by atoms with Crippen LogP contribution in [0.3, 0.4) is 0 Å². The maximum absolute atomic E-state index is 11.1. The van der Waals surface area contributed by atoms with Crippen molar-refractivity contribution in [2.24, 2.45) is 11.5 Å². The van der Waals surface area contributed by atoms with Crippen LogP contribution in [0.2, 0.25) is 0 Å². The maximum atomic E-state index is 11.1. The van der Waals surface area contributed by atoms with Crippen LogP contribution in [-0.2, 0) is 0 Å². The van der Waals surface area contributed by atoms with Crippen LogP contribution in [-0.4, -0.2) is 16.7 Å². The van der Waals surface area contributed by atoms with Gasteiger partial charge in [0.1, 0.15) is 4.47 Å². The number of hydrogen-bond donors (Lipinski definition) is 2. The Labute approximate surface area is 97.7 Å². The monoisotopic (exact) mass is 287 g/mol. The van der Waals surface area contributed by atoms with Gasteiger partial charge in [-0.1, -0.05) is 0 Å². The Morgan fingerprint density at radius 2 is 1.81 bits per heavy atom. The van der Waals surface area contributed by atoms with E-state index >= 15 is 0 Å². The predicted molar refractivity (Wildman–Crippen MR) is 57.8 cm³/mol. The van der Waals surface area contributed by atoms with Crippen molar-refractivity contribution < 1.29 is 14.5 Å². The number of halogens is 1. The summed E-state index contributed by atoms with van der Waals surface area (Å²) in [7, 11) is 0. The summed E-state index contributed by atoms with van der Waals surface area (Å²) in [6.45, 7) is 0. The lowest BCUT2D eigenvalue weighted by molar-refractivity contribution is -0.385. The second-order valence-electron chi connectivity index (χ2n) is 2.81. The fourth-order valence-electron chi connectivity index (χ4n) is 1.15. The van der Waals surface area contributed by atoms with Gasteiger partial charge in [-0.3, -0.25) is 19.7 Å². The van der Waals surface area contributed by atoms with Crippen LogP contribution in [0.25, 0.3) is 0 Å². The molecular formula is C8H6BrN3O4. The number of nitrogens with zero attached hydrogens (tertiary/aromatic N) is 1. The minimum Gasteiger partial charge on any atom is -0.366 e. The second-order valence-corrected chi connectivity index (χ2v) is 3.60. The first kappa shape index (κ1) is 12.1. The normalized spacial score (nSPS) is 9.81. The fourth-order valence-corrected chi connectivity index (χ4v) is 1.84. The maximum Gasteiger partial charge on any atom is 0.284 e. The van der Waals surface area contributed by atoms with E-state index in [1.165, 1.54) is 0 Å². The number of nitro benzene ring substituents is 1. The van der Waals surface area contributed by atoms with Crippen LogP contribution >= 0.6 is 15.9 Å². The molecule has 8 heteroatoms. The SMILES string of the molecule is NC(=O)c1ccc([N+](=O)[O-])c(Br)c1C(N)=O. The highest BCUT2D eigenvalue weighted by atomic mass is 79.9. The van der Waals surface area contributed by atoms with Crippen molar-refractivity contribution in [3.8, 4) is 0 Å². The Balaban J connectivity index is 3.60. The number of carbonyl (C=O) groups excluding carboxylic acids is 2. The quantitative estimate of drug-likeness (QED) is 0.621. The highest BCUT2D eigenvalue weighted by molar-refractivity contribution is 9.10. The Kier molecular flexibility index (Phi) is 3.23. The minimum atomic E-state index is -0.968. The first-order chi connectivity index (χ1) is 7.36. The molecular weight excluding hydrogens is 282 g/mol. The lowest BCUT2D eigenvalue weighted by Gasteiger charge is -2.05. The molecule has 0 spiro atoms. The highest BCUT2D eigenvalue weighted by Crippen LogP contribution is 2.30. The molecule has 0 aliphatic heterocycles. The summed E-state index contributed by atoms with van der Waals surface area (Å²) in [5.41, 5.74) is 9.22. The molecule has 1 aromatic carbocycles. The van der Waals surface area contributed by atoms with Crippen LogP contribution in [0.1, 0.15) is 20.7 Å². The van der Waals surface area contributed by atoms with E-state index in [0.29, 0.717) is 0 Å². The number of rotatable bonds is 3. The van der Waals surface area contributed by atoms with E-state index in [0.717, 1.165) is 12.1 Å². The molecule has 1 rings (SSSR count). The molecule has 7 nitrogen and oxygen atoms in total. The number of nitrogens with two attached hydrogens (primary N) is 2. The number of carbonyl (C=O) groups is 2. The van der Waals surface area contributed by atoms with Crippen molar-refractivity contribution in [3.05, 3.63) is 37.8 Å². The summed E-state index contributed by atoms with van der Waals surface area (Å²) in [4.78, 5) is 31.9. The lowest BCUT2D eigenvalue weighted by Crippen LogP contribution is -2.21. The molecule has 0 radical (unpaired) electrons. The molecule has 0 aliphatic carbocycles. The molecule has 0 atom stereocenters. The number of hydrogen-bond acceptors (Lipinski definition) is 4.